The minimum Gasteiger partial charge on any atom is -0.303 e. The van der Waals surface area contributed by atoms with E-state index in [9.17, 15) is 0 Å². The highest BCUT2D eigenvalue weighted by Crippen LogP contribution is 2.25. The molecule has 2 heterocycles. The second kappa shape index (κ2) is 5.11. The first kappa shape index (κ1) is 12.3. The van der Waals surface area contributed by atoms with Gasteiger partial charge in [0.1, 0.15) is 0 Å². The van der Waals surface area contributed by atoms with Crippen molar-refractivity contribution in [1.82, 2.24) is 25.2 Å². The Hall–Kier alpha value is -1.72. The number of likely N-dealkylation sites (N-methyl/N-ethyl adjacent to an activating group) is 1. The average molecular weight is 257 g/mol. The van der Waals surface area contributed by atoms with Crippen LogP contribution in [0.1, 0.15) is 22.9 Å². The van der Waals surface area contributed by atoms with Crippen LogP contribution in [0, 0.1) is 0 Å². The van der Waals surface area contributed by atoms with Crippen molar-refractivity contribution in [2.75, 3.05) is 13.6 Å². The Kier molecular flexibility index (Phi) is 3.31. The highest BCUT2D eigenvalue weighted by atomic mass is 15.4. The summed E-state index contributed by atoms with van der Waals surface area (Å²) in [6.07, 6.45) is 1.81. The smallest absolute Gasteiger partial charge is 0.0738 e. The van der Waals surface area contributed by atoms with Crippen LogP contribution in [0.25, 0.3) is 0 Å². The molecular formula is C14H19N5. The van der Waals surface area contributed by atoms with Crippen molar-refractivity contribution in [2.24, 2.45) is 7.05 Å². The van der Waals surface area contributed by atoms with Gasteiger partial charge in [-0.2, -0.15) is 0 Å². The van der Waals surface area contributed by atoms with Crippen LogP contribution < -0.4 is 5.32 Å². The second-order valence-corrected chi connectivity index (χ2v) is 5.18. The molecule has 1 N–H and O–H groups in total. The number of hydrogen-bond donors (Lipinski definition) is 1. The van der Waals surface area contributed by atoms with Gasteiger partial charge >= 0.3 is 0 Å². The van der Waals surface area contributed by atoms with E-state index >= 15 is 0 Å². The molecule has 0 radical (unpaired) electrons. The molecule has 1 aromatic heterocycles. The van der Waals surface area contributed by atoms with Gasteiger partial charge in [0.05, 0.1) is 11.9 Å². The quantitative estimate of drug-likeness (QED) is 0.894. The Bertz CT molecular complexity index is 562. The predicted octanol–water partition coefficient (Wildman–Crippen LogP) is 1.09. The van der Waals surface area contributed by atoms with Crippen LogP contribution in [0.3, 0.4) is 0 Å². The predicted molar refractivity (Wildman–Crippen MR) is 73.4 cm³/mol. The molecule has 5 nitrogen and oxygen atoms in total. The van der Waals surface area contributed by atoms with Gasteiger partial charge in [-0.15, -0.1) is 5.10 Å². The second-order valence-electron chi connectivity index (χ2n) is 5.18. The number of rotatable bonds is 3. The van der Waals surface area contributed by atoms with Gasteiger partial charge in [0.25, 0.3) is 0 Å². The van der Waals surface area contributed by atoms with E-state index in [1.165, 1.54) is 11.1 Å². The number of hydrogen-bond acceptors (Lipinski definition) is 4. The van der Waals surface area contributed by atoms with E-state index in [0.29, 0.717) is 6.04 Å². The lowest BCUT2D eigenvalue weighted by atomic mass is 9.96. The topological polar surface area (TPSA) is 46.0 Å². The molecule has 0 amide bonds. The molecule has 100 valence electrons. The SMILES string of the molecule is CN1Cc2ccccc2C(NCc2cnnn2C)C1. The lowest BCUT2D eigenvalue weighted by Gasteiger charge is -2.32. The lowest BCUT2D eigenvalue weighted by molar-refractivity contribution is 0.258. The van der Waals surface area contributed by atoms with Gasteiger partial charge in [0.2, 0.25) is 0 Å². The van der Waals surface area contributed by atoms with Gasteiger partial charge in [-0.25, -0.2) is 0 Å². The summed E-state index contributed by atoms with van der Waals surface area (Å²) in [6, 6.07) is 9.03. The molecule has 1 aliphatic heterocycles. The number of fused-ring (bicyclic) bond motifs is 1. The van der Waals surface area contributed by atoms with E-state index < -0.39 is 0 Å². The van der Waals surface area contributed by atoms with Gasteiger partial charge in [-0.1, -0.05) is 29.5 Å². The number of aryl methyl sites for hydroxylation is 1. The fourth-order valence-corrected chi connectivity index (χ4v) is 2.66. The zero-order valence-corrected chi connectivity index (χ0v) is 11.4. The third kappa shape index (κ3) is 2.52. The zero-order valence-electron chi connectivity index (χ0n) is 11.4. The molecule has 0 fully saturated rings. The summed E-state index contributed by atoms with van der Waals surface area (Å²) in [6.45, 7) is 2.85. The summed E-state index contributed by atoms with van der Waals surface area (Å²) in [5, 5.41) is 11.5. The molecule has 0 bridgehead atoms. The molecule has 0 saturated carbocycles. The minimum atomic E-state index is 0.366. The summed E-state index contributed by atoms with van der Waals surface area (Å²) in [5.41, 5.74) is 3.93. The van der Waals surface area contributed by atoms with E-state index in [4.69, 9.17) is 0 Å². The third-order valence-electron chi connectivity index (χ3n) is 3.70. The monoisotopic (exact) mass is 257 g/mol. The van der Waals surface area contributed by atoms with Crippen molar-refractivity contribution in [3.05, 3.63) is 47.3 Å². The molecule has 0 aliphatic carbocycles. The van der Waals surface area contributed by atoms with Gasteiger partial charge < -0.3 is 10.2 Å². The molecule has 3 rings (SSSR count). The van der Waals surface area contributed by atoms with Crippen molar-refractivity contribution in [3.8, 4) is 0 Å². The van der Waals surface area contributed by atoms with Crippen LogP contribution >= 0.6 is 0 Å². The number of aromatic nitrogens is 3. The number of benzene rings is 1. The average Bonchev–Trinajstić information content (AvgIpc) is 2.81. The maximum absolute atomic E-state index is 3.96. The van der Waals surface area contributed by atoms with Crippen molar-refractivity contribution < 1.29 is 0 Å². The molecule has 5 heteroatoms. The molecule has 19 heavy (non-hydrogen) atoms. The van der Waals surface area contributed by atoms with Crippen molar-refractivity contribution in [1.29, 1.82) is 0 Å². The van der Waals surface area contributed by atoms with Crippen molar-refractivity contribution >= 4 is 0 Å². The van der Waals surface area contributed by atoms with Crippen LogP contribution in [0.2, 0.25) is 0 Å². The van der Waals surface area contributed by atoms with Gasteiger partial charge in [0.15, 0.2) is 0 Å². The first-order valence-electron chi connectivity index (χ1n) is 6.57. The van der Waals surface area contributed by atoms with Crippen LogP contribution in [-0.4, -0.2) is 33.5 Å². The van der Waals surface area contributed by atoms with E-state index in [-0.39, 0.29) is 0 Å². The number of nitrogens with zero attached hydrogens (tertiary/aromatic N) is 4. The summed E-state index contributed by atoms with van der Waals surface area (Å²) in [5.74, 6) is 0. The molecule has 1 atom stereocenters. The highest BCUT2D eigenvalue weighted by Gasteiger charge is 2.22. The zero-order chi connectivity index (χ0) is 13.2. The third-order valence-corrected chi connectivity index (χ3v) is 3.70. The van der Waals surface area contributed by atoms with Crippen LogP contribution in [0.5, 0.6) is 0 Å². The Labute approximate surface area is 113 Å². The van der Waals surface area contributed by atoms with Crippen molar-refractivity contribution in [3.63, 3.8) is 0 Å². The molecule has 0 saturated heterocycles. The van der Waals surface area contributed by atoms with Crippen LogP contribution in [0.4, 0.5) is 0 Å². The summed E-state index contributed by atoms with van der Waals surface area (Å²) in [4.78, 5) is 2.35. The Balaban J connectivity index is 1.76. The fourth-order valence-electron chi connectivity index (χ4n) is 2.66. The van der Waals surface area contributed by atoms with Gasteiger partial charge in [-0.3, -0.25) is 4.68 Å². The summed E-state index contributed by atoms with van der Waals surface area (Å²) >= 11 is 0. The molecular weight excluding hydrogens is 238 g/mol. The van der Waals surface area contributed by atoms with E-state index in [0.717, 1.165) is 25.3 Å². The molecule has 1 aliphatic rings. The maximum Gasteiger partial charge on any atom is 0.0738 e. The standard InChI is InChI=1S/C14H19N5/c1-18-9-11-5-3-4-6-13(11)14(10-18)15-7-12-8-16-17-19(12)2/h3-6,8,14-15H,7,9-10H2,1-2H3. The summed E-state index contributed by atoms with van der Waals surface area (Å²) in [7, 11) is 4.08. The van der Waals surface area contributed by atoms with Gasteiger partial charge in [-0.05, 0) is 18.2 Å². The molecule has 1 aromatic carbocycles. The van der Waals surface area contributed by atoms with Crippen LogP contribution in [-0.2, 0) is 20.1 Å². The van der Waals surface area contributed by atoms with Crippen LogP contribution in [0.15, 0.2) is 30.5 Å². The maximum atomic E-state index is 3.96. The largest absolute Gasteiger partial charge is 0.303 e. The Morgan fingerprint density at radius 2 is 2.16 bits per heavy atom. The lowest BCUT2D eigenvalue weighted by Crippen LogP contribution is -2.37. The van der Waals surface area contributed by atoms with E-state index in [1.807, 2.05) is 17.9 Å². The first-order chi connectivity index (χ1) is 9.24. The fraction of sp³-hybridized carbons (Fsp3) is 0.429. The first-order valence-corrected chi connectivity index (χ1v) is 6.57. The normalized spacial score (nSPS) is 19.4. The van der Waals surface area contributed by atoms with Crippen molar-refractivity contribution in [2.45, 2.75) is 19.1 Å². The highest BCUT2D eigenvalue weighted by molar-refractivity contribution is 5.32. The van der Waals surface area contributed by atoms with E-state index in [1.54, 1.807) is 0 Å². The number of nitrogens with one attached hydrogen (secondary N) is 1. The molecule has 0 spiro atoms. The Morgan fingerprint density at radius 3 is 2.95 bits per heavy atom. The molecule has 2 aromatic rings. The van der Waals surface area contributed by atoms with E-state index in [2.05, 4.69) is 51.8 Å². The Morgan fingerprint density at radius 1 is 1.32 bits per heavy atom. The van der Waals surface area contributed by atoms with Gasteiger partial charge in [0, 0.05) is 32.7 Å². The minimum absolute atomic E-state index is 0.366. The summed E-state index contributed by atoms with van der Waals surface area (Å²) < 4.78 is 1.81. The molecule has 1 unspecified atom stereocenters.